The molecule has 0 bridgehead atoms. The highest BCUT2D eigenvalue weighted by Gasteiger charge is 2.16. The van der Waals surface area contributed by atoms with Gasteiger partial charge in [-0.05, 0) is 42.3 Å². The molecule has 6 heteroatoms. The van der Waals surface area contributed by atoms with Gasteiger partial charge in [-0.25, -0.2) is 0 Å². The lowest BCUT2D eigenvalue weighted by Crippen LogP contribution is -2.23. The van der Waals surface area contributed by atoms with E-state index in [-0.39, 0.29) is 11.3 Å². The van der Waals surface area contributed by atoms with Crippen LogP contribution in [0.15, 0.2) is 42.6 Å². The first kappa shape index (κ1) is 16.1. The molecule has 0 spiro atoms. The molecule has 0 saturated carbocycles. The van der Waals surface area contributed by atoms with Crippen LogP contribution in [-0.4, -0.2) is 16.0 Å². The Kier molecular flexibility index (Phi) is 4.27. The highest BCUT2D eigenvalue weighted by molar-refractivity contribution is 6.30. The van der Waals surface area contributed by atoms with Crippen molar-refractivity contribution in [3.63, 3.8) is 0 Å². The Morgan fingerprint density at radius 2 is 1.96 bits per heavy atom. The average Bonchev–Trinajstić information content (AvgIpc) is 2.58. The number of carbonyl (C=O) groups excluding carboxylic acids is 1. The number of benzene rings is 2. The quantitative estimate of drug-likeness (QED) is 0.637. The highest BCUT2D eigenvalue weighted by atomic mass is 35.5. The molecule has 122 valence electrons. The zero-order valence-corrected chi connectivity index (χ0v) is 13.8. The minimum Gasteiger partial charge on any atom is -0.506 e. The normalized spacial score (nSPS) is 10.8. The van der Waals surface area contributed by atoms with Crippen molar-refractivity contribution in [1.82, 2.24) is 10.3 Å². The molecule has 3 aromatic rings. The summed E-state index contributed by atoms with van der Waals surface area (Å²) in [6.07, 6.45) is 1.36. The molecule has 3 rings (SSSR count). The standard InChI is InChI=1S/C18H16ClN3O2/c1-10-15(20)7-6-13-16(10)21-9-14(17(13)23)18(24)22-8-11-2-4-12(19)5-3-11/h2-7,9H,8,20H2,1H3,(H,21,23)(H,22,24). The second-order valence-electron chi connectivity index (χ2n) is 5.51. The van der Waals surface area contributed by atoms with Gasteiger partial charge in [-0.3, -0.25) is 9.78 Å². The van der Waals surface area contributed by atoms with Gasteiger partial charge in [-0.1, -0.05) is 23.7 Å². The molecule has 0 aliphatic carbocycles. The molecular weight excluding hydrogens is 326 g/mol. The fourth-order valence-electron chi connectivity index (χ4n) is 2.45. The van der Waals surface area contributed by atoms with E-state index >= 15 is 0 Å². The summed E-state index contributed by atoms with van der Waals surface area (Å²) in [7, 11) is 0. The third kappa shape index (κ3) is 2.98. The first-order valence-electron chi connectivity index (χ1n) is 7.37. The van der Waals surface area contributed by atoms with Crippen LogP contribution in [0.5, 0.6) is 5.75 Å². The number of fused-ring (bicyclic) bond motifs is 1. The highest BCUT2D eigenvalue weighted by Crippen LogP contribution is 2.31. The maximum absolute atomic E-state index is 12.3. The molecule has 2 aromatic carbocycles. The van der Waals surface area contributed by atoms with E-state index in [1.807, 2.05) is 19.1 Å². The number of nitrogens with zero attached hydrogens (tertiary/aromatic N) is 1. The van der Waals surface area contributed by atoms with Gasteiger partial charge in [0, 0.05) is 28.8 Å². The summed E-state index contributed by atoms with van der Waals surface area (Å²) in [6, 6.07) is 10.5. The first-order valence-corrected chi connectivity index (χ1v) is 7.74. The van der Waals surface area contributed by atoms with E-state index < -0.39 is 5.91 Å². The van der Waals surface area contributed by atoms with Crippen LogP contribution in [0, 0.1) is 6.92 Å². The van der Waals surface area contributed by atoms with Gasteiger partial charge in [0.25, 0.3) is 5.91 Å². The molecule has 0 unspecified atom stereocenters. The molecule has 1 amide bonds. The van der Waals surface area contributed by atoms with Crippen LogP contribution < -0.4 is 11.1 Å². The average molecular weight is 342 g/mol. The Hall–Kier alpha value is -2.79. The number of nitrogen functional groups attached to an aromatic ring is 1. The van der Waals surface area contributed by atoms with E-state index in [2.05, 4.69) is 10.3 Å². The fraction of sp³-hybridized carbons (Fsp3) is 0.111. The van der Waals surface area contributed by atoms with Crippen molar-refractivity contribution in [2.45, 2.75) is 13.5 Å². The fourth-order valence-corrected chi connectivity index (χ4v) is 2.58. The molecule has 0 aliphatic rings. The van der Waals surface area contributed by atoms with Crippen molar-refractivity contribution in [2.75, 3.05) is 5.73 Å². The van der Waals surface area contributed by atoms with Gasteiger partial charge < -0.3 is 16.2 Å². The number of nitrogens with one attached hydrogen (secondary N) is 1. The zero-order chi connectivity index (χ0) is 17.3. The maximum Gasteiger partial charge on any atom is 0.256 e. The minimum atomic E-state index is -0.397. The Labute approximate surface area is 144 Å². The number of hydrogen-bond acceptors (Lipinski definition) is 4. The van der Waals surface area contributed by atoms with Crippen molar-refractivity contribution < 1.29 is 9.90 Å². The Balaban J connectivity index is 1.86. The topological polar surface area (TPSA) is 88.2 Å². The summed E-state index contributed by atoms with van der Waals surface area (Å²) < 4.78 is 0. The number of rotatable bonds is 3. The number of nitrogens with two attached hydrogens (primary N) is 1. The van der Waals surface area contributed by atoms with Crippen molar-refractivity contribution in [1.29, 1.82) is 0 Å². The van der Waals surface area contributed by atoms with Crippen molar-refractivity contribution >= 4 is 34.1 Å². The van der Waals surface area contributed by atoms with Crippen LogP contribution in [0.25, 0.3) is 10.9 Å². The molecule has 5 nitrogen and oxygen atoms in total. The Bertz CT molecular complexity index is 924. The van der Waals surface area contributed by atoms with E-state index in [1.54, 1.807) is 24.3 Å². The predicted molar refractivity (Wildman–Crippen MR) is 95.2 cm³/mol. The monoisotopic (exact) mass is 341 g/mol. The van der Waals surface area contributed by atoms with Crippen LogP contribution in [0.4, 0.5) is 5.69 Å². The number of pyridine rings is 1. The number of amides is 1. The molecule has 0 fully saturated rings. The first-order chi connectivity index (χ1) is 11.5. The Morgan fingerprint density at radius 1 is 1.25 bits per heavy atom. The molecule has 4 N–H and O–H groups in total. The lowest BCUT2D eigenvalue weighted by molar-refractivity contribution is 0.0948. The van der Waals surface area contributed by atoms with Crippen molar-refractivity contribution in [2.24, 2.45) is 0 Å². The molecule has 0 radical (unpaired) electrons. The molecule has 0 atom stereocenters. The van der Waals surface area contributed by atoms with E-state index in [0.717, 1.165) is 11.1 Å². The largest absolute Gasteiger partial charge is 0.506 e. The second-order valence-corrected chi connectivity index (χ2v) is 5.94. The van der Waals surface area contributed by atoms with Gasteiger partial charge in [0.2, 0.25) is 0 Å². The number of anilines is 1. The van der Waals surface area contributed by atoms with Gasteiger partial charge in [0.05, 0.1) is 5.52 Å². The molecule has 0 aliphatic heterocycles. The number of carbonyl (C=O) groups is 1. The van der Waals surface area contributed by atoms with E-state index in [0.29, 0.717) is 28.2 Å². The maximum atomic E-state index is 12.3. The summed E-state index contributed by atoms with van der Waals surface area (Å²) in [5.41, 5.74) is 8.83. The summed E-state index contributed by atoms with van der Waals surface area (Å²) in [6.45, 7) is 2.15. The summed E-state index contributed by atoms with van der Waals surface area (Å²) in [5, 5.41) is 14.3. The molecular formula is C18H16ClN3O2. The lowest BCUT2D eigenvalue weighted by atomic mass is 10.1. The van der Waals surface area contributed by atoms with Gasteiger partial charge in [-0.2, -0.15) is 0 Å². The van der Waals surface area contributed by atoms with Crippen LogP contribution >= 0.6 is 11.6 Å². The number of aryl methyl sites for hydroxylation is 1. The summed E-state index contributed by atoms with van der Waals surface area (Å²) in [4.78, 5) is 16.6. The lowest BCUT2D eigenvalue weighted by Gasteiger charge is -2.11. The predicted octanol–water partition coefficient (Wildman–Crippen LogP) is 3.41. The Morgan fingerprint density at radius 3 is 2.67 bits per heavy atom. The number of aromatic hydroxyl groups is 1. The number of halogens is 1. The molecule has 1 aromatic heterocycles. The second kappa shape index (κ2) is 6.37. The van der Waals surface area contributed by atoms with Gasteiger partial charge >= 0.3 is 0 Å². The third-order valence-electron chi connectivity index (χ3n) is 3.92. The van der Waals surface area contributed by atoms with E-state index in [4.69, 9.17) is 17.3 Å². The van der Waals surface area contributed by atoms with Crippen LogP contribution in [0.3, 0.4) is 0 Å². The van der Waals surface area contributed by atoms with E-state index in [9.17, 15) is 9.90 Å². The number of hydrogen-bond donors (Lipinski definition) is 3. The SMILES string of the molecule is Cc1c(N)ccc2c(O)c(C(=O)NCc3ccc(Cl)cc3)cnc12. The van der Waals surface area contributed by atoms with Crippen LogP contribution in [0.1, 0.15) is 21.5 Å². The zero-order valence-electron chi connectivity index (χ0n) is 13.0. The minimum absolute atomic E-state index is 0.100. The smallest absolute Gasteiger partial charge is 0.256 e. The van der Waals surface area contributed by atoms with Crippen molar-refractivity contribution in [3.8, 4) is 5.75 Å². The van der Waals surface area contributed by atoms with Gasteiger partial charge in [-0.15, -0.1) is 0 Å². The van der Waals surface area contributed by atoms with E-state index in [1.165, 1.54) is 6.20 Å². The summed E-state index contributed by atoms with van der Waals surface area (Å²) >= 11 is 5.83. The molecule has 1 heterocycles. The van der Waals surface area contributed by atoms with Crippen molar-refractivity contribution in [3.05, 3.63) is 64.3 Å². The third-order valence-corrected chi connectivity index (χ3v) is 4.17. The van der Waals surface area contributed by atoms with Crippen LogP contribution in [0.2, 0.25) is 5.02 Å². The number of aromatic nitrogens is 1. The van der Waals surface area contributed by atoms with Gasteiger partial charge in [0.15, 0.2) is 0 Å². The van der Waals surface area contributed by atoms with Crippen LogP contribution in [-0.2, 0) is 6.54 Å². The molecule has 24 heavy (non-hydrogen) atoms. The molecule has 0 saturated heterocycles. The summed E-state index contributed by atoms with van der Waals surface area (Å²) in [5.74, 6) is -0.497. The van der Waals surface area contributed by atoms with Gasteiger partial charge in [0.1, 0.15) is 11.3 Å².